The first kappa shape index (κ1) is 20.5. The highest BCUT2D eigenvalue weighted by Crippen LogP contribution is 2.11. The molecular weight excluding hydrogens is 427 g/mol. The van der Waals surface area contributed by atoms with E-state index in [1.165, 1.54) is 7.11 Å². The maximum Gasteiger partial charge on any atom is 0.409 e. The van der Waals surface area contributed by atoms with E-state index in [2.05, 4.69) is 25.8 Å². The van der Waals surface area contributed by atoms with Crippen LogP contribution in [0.2, 0.25) is 0 Å². The number of guanidine groups is 1. The van der Waals surface area contributed by atoms with Crippen molar-refractivity contribution >= 4 is 36.0 Å². The zero-order chi connectivity index (χ0) is 16.7. The Morgan fingerprint density at radius 2 is 2.17 bits per heavy atom. The number of likely N-dealkylation sites (tertiary alicyclic amines) is 1. The van der Waals surface area contributed by atoms with Crippen LogP contribution in [0.3, 0.4) is 0 Å². The molecule has 0 unspecified atom stereocenters. The van der Waals surface area contributed by atoms with Crippen molar-refractivity contribution in [2.45, 2.75) is 39.3 Å². The normalized spacial score (nSPS) is 15.6. The predicted octanol–water partition coefficient (Wildman–Crippen LogP) is 1.28. The lowest BCUT2D eigenvalue weighted by molar-refractivity contribution is 0.111. The van der Waals surface area contributed by atoms with E-state index in [4.69, 9.17) is 9.26 Å². The number of piperidine rings is 1. The van der Waals surface area contributed by atoms with Crippen LogP contribution < -0.4 is 10.6 Å². The van der Waals surface area contributed by atoms with Gasteiger partial charge in [0.2, 0.25) is 5.89 Å². The third-order valence-electron chi connectivity index (χ3n) is 3.56. The maximum atomic E-state index is 11.5. The Kier molecular flexibility index (Phi) is 8.79. The average Bonchev–Trinajstić information content (AvgIpc) is 2.98. The lowest BCUT2D eigenvalue weighted by Gasteiger charge is -2.32. The molecule has 1 aliphatic heterocycles. The minimum atomic E-state index is -0.267. The molecule has 0 saturated carbocycles. The zero-order valence-corrected chi connectivity index (χ0v) is 16.6. The smallest absolute Gasteiger partial charge is 0.409 e. The van der Waals surface area contributed by atoms with Gasteiger partial charge in [-0.15, -0.1) is 24.0 Å². The van der Waals surface area contributed by atoms with Crippen molar-refractivity contribution in [1.82, 2.24) is 25.7 Å². The van der Waals surface area contributed by atoms with Crippen LogP contribution in [0.1, 0.15) is 31.5 Å². The van der Waals surface area contributed by atoms with Crippen LogP contribution in [-0.2, 0) is 11.3 Å². The van der Waals surface area contributed by atoms with E-state index in [1.807, 2.05) is 6.92 Å². The molecule has 0 bridgehead atoms. The first-order chi connectivity index (χ1) is 11.1. The van der Waals surface area contributed by atoms with Gasteiger partial charge in [0, 0.05) is 32.6 Å². The van der Waals surface area contributed by atoms with Crippen LogP contribution in [0, 0.1) is 6.92 Å². The number of carbonyl (C=O) groups excluding carboxylic acids is 1. The molecule has 0 aliphatic carbocycles. The summed E-state index contributed by atoms with van der Waals surface area (Å²) in [6.07, 6.45) is 1.43. The number of aliphatic imine (C=N–C) groups is 1. The fourth-order valence-electron chi connectivity index (χ4n) is 2.40. The Labute approximate surface area is 158 Å². The van der Waals surface area contributed by atoms with Gasteiger partial charge in [-0.25, -0.2) is 9.79 Å². The molecule has 2 N–H and O–H groups in total. The van der Waals surface area contributed by atoms with E-state index in [-0.39, 0.29) is 36.1 Å². The standard InChI is InChI=1S/C14H24N6O3.HI/c1-4-15-13(16-9-12-17-10(2)23-19-12)18-11-5-7-20(8-6-11)14(21)22-3;/h11H,4-9H2,1-3H3,(H2,15,16,18);1H. The molecule has 136 valence electrons. The van der Waals surface area contributed by atoms with Crippen molar-refractivity contribution in [3.05, 3.63) is 11.7 Å². The zero-order valence-electron chi connectivity index (χ0n) is 14.2. The number of ether oxygens (including phenoxy) is 1. The van der Waals surface area contributed by atoms with Crippen molar-refractivity contribution in [3.63, 3.8) is 0 Å². The Bertz CT molecular complexity index is 542. The molecule has 1 saturated heterocycles. The number of carbonyl (C=O) groups is 1. The second-order valence-electron chi connectivity index (χ2n) is 5.30. The summed E-state index contributed by atoms with van der Waals surface area (Å²) in [4.78, 5) is 21.8. The number of methoxy groups -OCH3 is 1. The minimum absolute atomic E-state index is 0. The van der Waals surface area contributed by atoms with E-state index in [0.717, 1.165) is 19.4 Å². The molecule has 1 aromatic rings. The Hall–Kier alpha value is -1.59. The Morgan fingerprint density at radius 1 is 1.46 bits per heavy atom. The number of nitrogens with one attached hydrogen (secondary N) is 2. The van der Waals surface area contributed by atoms with Gasteiger partial charge in [0.1, 0.15) is 6.54 Å². The Balaban J connectivity index is 0.00000288. The summed E-state index contributed by atoms with van der Waals surface area (Å²) in [5.74, 6) is 1.80. The molecule has 2 heterocycles. The molecule has 1 aromatic heterocycles. The van der Waals surface area contributed by atoms with Crippen molar-refractivity contribution in [2.75, 3.05) is 26.7 Å². The van der Waals surface area contributed by atoms with E-state index in [9.17, 15) is 4.79 Å². The van der Waals surface area contributed by atoms with Gasteiger partial charge in [0.15, 0.2) is 11.8 Å². The number of rotatable bonds is 4. The fourth-order valence-corrected chi connectivity index (χ4v) is 2.40. The highest BCUT2D eigenvalue weighted by atomic mass is 127. The second-order valence-corrected chi connectivity index (χ2v) is 5.30. The molecule has 10 heteroatoms. The van der Waals surface area contributed by atoms with Crippen LogP contribution in [0.15, 0.2) is 9.52 Å². The predicted molar refractivity (Wildman–Crippen MR) is 99.4 cm³/mol. The van der Waals surface area contributed by atoms with Crippen molar-refractivity contribution in [3.8, 4) is 0 Å². The van der Waals surface area contributed by atoms with Crippen LogP contribution in [-0.4, -0.2) is 59.9 Å². The summed E-state index contributed by atoms with van der Waals surface area (Å²) >= 11 is 0. The summed E-state index contributed by atoms with van der Waals surface area (Å²) in [6.45, 7) is 6.22. The minimum Gasteiger partial charge on any atom is -0.453 e. The molecule has 1 fully saturated rings. The molecule has 0 atom stereocenters. The Morgan fingerprint density at radius 3 is 2.71 bits per heavy atom. The number of amides is 1. The van der Waals surface area contributed by atoms with Crippen LogP contribution in [0.4, 0.5) is 4.79 Å². The summed E-state index contributed by atoms with van der Waals surface area (Å²) in [5.41, 5.74) is 0. The number of nitrogens with zero attached hydrogens (tertiary/aromatic N) is 4. The highest BCUT2D eigenvalue weighted by Gasteiger charge is 2.23. The fraction of sp³-hybridized carbons (Fsp3) is 0.714. The van der Waals surface area contributed by atoms with E-state index < -0.39 is 0 Å². The van der Waals surface area contributed by atoms with Gasteiger partial charge in [0.05, 0.1) is 7.11 Å². The molecule has 0 radical (unpaired) electrons. The second kappa shape index (κ2) is 10.3. The first-order valence-corrected chi connectivity index (χ1v) is 7.79. The molecule has 0 aromatic carbocycles. The van der Waals surface area contributed by atoms with Gasteiger partial charge in [-0.05, 0) is 19.8 Å². The maximum absolute atomic E-state index is 11.5. The van der Waals surface area contributed by atoms with Gasteiger partial charge < -0.3 is 24.8 Å². The topological polar surface area (TPSA) is 105 Å². The van der Waals surface area contributed by atoms with E-state index >= 15 is 0 Å². The molecule has 2 rings (SSSR count). The quantitative estimate of drug-likeness (QED) is 0.403. The number of aryl methyl sites for hydroxylation is 1. The van der Waals surface area contributed by atoms with Crippen LogP contribution in [0.25, 0.3) is 0 Å². The van der Waals surface area contributed by atoms with Gasteiger partial charge >= 0.3 is 6.09 Å². The molecular formula is C14H25IN6O3. The lowest BCUT2D eigenvalue weighted by atomic mass is 10.1. The third kappa shape index (κ3) is 6.13. The molecule has 9 nitrogen and oxygen atoms in total. The van der Waals surface area contributed by atoms with Crippen LogP contribution in [0.5, 0.6) is 0 Å². The molecule has 0 spiro atoms. The first-order valence-electron chi connectivity index (χ1n) is 7.79. The van der Waals surface area contributed by atoms with E-state index in [0.29, 0.717) is 37.3 Å². The lowest BCUT2D eigenvalue weighted by Crippen LogP contribution is -2.49. The highest BCUT2D eigenvalue weighted by molar-refractivity contribution is 14.0. The van der Waals surface area contributed by atoms with Crippen molar-refractivity contribution in [1.29, 1.82) is 0 Å². The summed E-state index contributed by atoms with van der Waals surface area (Å²) in [7, 11) is 1.41. The summed E-state index contributed by atoms with van der Waals surface area (Å²) in [5, 5.41) is 10.4. The molecule has 1 aliphatic rings. The molecule has 24 heavy (non-hydrogen) atoms. The molecule has 1 amide bonds. The van der Waals surface area contributed by atoms with Crippen molar-refractivity contribution in [2.24, 2.45) is 4.99 Å². The van der Waals surface area contributed by atoms with Gasteiger partial charge in [-0.2, -0.15) is 4.98 Å². The average molecular weight is 452 g/mol. The van der Waals surface area contributed by atoms with Gasteiger partial charge in [-0.3, -0.25) is 0 Å². The van der Waals surface area contributed by atoms with Gasteiger partial charge in [-0.1, -0.05) is 5.16 Å². The third-order valence-corrected chi connectivity index (χ3v) is 3.56. The number of hydrogen-bond donors (Lipinski definition) is 2. The van der Waals surface area contributed by atoms with Crippen molar-refractivity contribution < 1.29 is 14.1 Å². The van der Waals surface area contributed by atoms with Gasteiger partial charge in [0.25, 0.3) is 0 Å². The number of aromatic nitrogens is 2. The summed E-state index contributed by atoms with van der Waals surface area (Å²) in [6, 6.07) is 0.265. The summed E-state index contributed by atoms with van der Waals surface area (Å²) < 4.78 is 9.67. The monoisotopic (exact) mass is 452 g/mol. The van der Waals surface area contributed by atoms with Crippen LogP contribution >= 0.6 is 24.0 Å². The number of halogens is 1. The largest absolute Gasteiger partial charge is 0.453 e. The SMILES string of the molecule is CCNC(=NCc1noc(C)n1)NC1CCN(C(=O)OC)CC1.I. The number of hydrogen-bond acceptors (Lipinski definition) is 6. The van der Waals surface area contributed by atoms with E-state index in [1.54, 1.807) is 11.8 Å².